The molecule has 1 aliphatic carbocycles. The highest BCUT2D eigenvalue weighted by molar-refractivity contribution is 5.22. The van der Waals surface area contributed by atoms with E-state index in [0.717, 1.165) is 38.9 Å². The van der Waals surface area contributed by atoms with Crippen LogP contribution in [0.5, 0.6) is 5.75 Å². The summed E-state index contributed by atoms with van der Waals surface area (Å²) in [5.74, 6) is 0.264. The van der Waals surface area contributed by atoms with Crippen molar-refractivity contribution in [3.05, 3.63) is 59.7 Å². The fourth-order valence-corrected chi connectivity index (χ4v) is 5.23. The van der Waals surface area contributed by atoms with Crippen LogP contribution in [0.15, 0.2) is 42.5 Å². The van der Waals surface area contributed by atoms with E-state index in [1.807, 2.05) is 7.11 Å². The number of methoxy groups -OCH3 is 1. The molecule has 5 heteroatoms. The van der Waals surface area contributed by atoms with E-state index in [-0.39, 0.29) is 17.3 Å². The zero-order chi connectivity index (χ0) is 19.7. The van der Waals surface area contributed by atoms with Crippen LogP contribution in [0.3, 0.4) is 0 Å². The number of likely N-dealkylation sites (tertiary alicyclic amines) is 1. The number of hydrogen-bond acceptors (Lipinski definition) is 4. The van der Waals surface area contributed by atoms with Crippen molar-refractivity contribution in [1.82, 2.24) is 9.88 Å². The second-order valence-electron chi connectivity index (χ2n) is 8.64. The molecule has 2 aliphatic rings. The average molecular weight is 384 g/mol. The minimum absolute atomic E-state index is 0.0456. The van der Waals surface area contributed by atoms with Gasteiger partial charge in [0, 0.05) is 44.8 Å². The zero-order valence-corrected chi connectivity index (χ0v) is 16.6. The second-order valence-corrected chi connectivity index (χ2v) is 8.64. The number of rotatable bonds is 6. The lowest BCUT2D eigenvalue weighted by Gasteiger charge is -2.31. The first-order valence-electron chi connectivity index (χ1n) is 10.1. The fraction of sp³-hybridized carbons (Fsp3) is 0.522. The van der Waals surface area contributed by atoms with E-state index in [4.69, 9.17) is 4.74 Å². The van der Waals surface area contributed by atoms with Crippen molar-refractivity contribution in [1.29, 1.82) is 0 Å². The predicted molar refractivity (Wildman–Crippen MR) is 107 cm³/mol. The maximum absolute atomic E-state index is 13.6. The first kappa shape index (κ1) is 19.3. The molecule has 2 fully saturated rings. The van der Waals surface area contributed by atoms with Crippen molar-refractivity contribution in [2.24, 2.45) is 11.8 Å². The first-order chi connectivity index (χ1) is 13.5. The molecule has 0 radical (unpaired) electrons. The number of fused-ring (bicyclic) bond motifs is 1. The van der Waals surface area contributed by atoms with Crippen LogP contribution in [0.1, 0.15) is 36.9 Å². The molecule has 1 aromatic heterocycles. The number of aromatic hydroxyl groups is 1. The molecule has 1 saturated carbocycles. The monoisotopic (exact) mass is 384 g/mol. The lowest BCUT2D eigenvalue weighted by Crippen LogP contribution is -2.35. The van der Waals surface area contributed by atoms with Crippen molar-refractivity contribution in [3.63, 3.8) is 0 Å². The maximum Gasteiger partial charge on any atom is 0.255 e. The van der Waals surface area contributed by atoms with E-state index >= 15 is 0 Å². The summed E-state index contributed by atoms with van der Waals surface area (Å²) in [6.45, 7) is 5.07. The van der Waals surface area contributed by atoms with Gasteiger partial charge in [-0.3, -0.25) is 0 Å². The Morgan fingerprint density at radius 1 is 1.18 bits per heavy atom. The van der Waals surface area contributed by atoms with Gasteiger partial charge in [0.1, 0.15) is 0 Å². The summed E-state index contributed by atoms with van der Waals surface area (Å²) in [7, 11) is 1.86. The third-order valence-corrected chi connectivity index (χ3v) is 6.61. The molecule has 150 valence electrons. The molecular formula is C23H29FN2O2. The van der Waals surface area contributed by atoms with Crippen LogP contribution in [0.4, 0.5) is 4.39 Å². The lowest BCUT2D eigenvalue weighted by atomic mass is 9.91. The van der Waals surface area contributed by atoms with E-state index < -0.39 is 5.95 Å². The molecule has 2 unspecified atom stereocenters. The smallest absolute Gasteiger partial charge is 0.255 e. The Morgan fingerprint density at radius 3 is 2.46 bits per heavy atom. The topological polar surface area (TPSA) is 45.6 Å². The fourth-order valence-electron chi connectivity index (χ4n) is 5.23. The molecule has 4 atom stereocenters. The Hall–Kier alpha value is -1.98. The minimum atomic E-state index is -0.784. The van der Waals surface area contributed by atoms with Gasteiger partial charge in [0.15, 0.2) is 5.75 Å². The second kappa shape index (κ2) is 7.80. The highest BCUT2D eigenvalue weighted by atomic mass is 19.1. The van der Waals surface area contributed by atoms with E-state index in [1.54, 1.807) is 6.07 Å². The molecule has 2 heterocycles. The number of nitrogens with zero attached hydrogens (tertiary/aromatic N) is 2. The Balaban J connectivity index is 1.36. The number of pyridine rings is 1. The summed E-state index contributed by atoms with van der Waals surface area (Å²) < 4.78 is 19.6. The molecule has 4 nitrogen and oxygen atoms in total. The van der Waals surface area contributed by atoms with Gasteiger partial charge in [-0.15, -0.1) is 0 Å². The highest BCUT2D eigenvalue weighted by Crippen LogP contribution is 2.47. The van der Waals surface area contributed by atoms with Crippen LogP contribution in [0.25, 0.3) is 0 Å². The highest BCUT2D eigenvalue weighted by Gasteiger charge is 2.49. The van der Waals surface area contributed by atoms with Crippen LogP contribution in [-0.4, -0.2) is 47.3 Å². The Morgan fingerprint density at radius 2 is 1.86 bits per heavy atom. The maximum atomic E-state index is 13.6. The van der Waals surface area contributed by atoms with Gasteiger partial charge >= 0.3 is 0 Å². The Labute approximate surface area is 166 Å². The van der Waals surface area contributed by atoms with Crippen LogP contribution >= 0.6 is 0 Å². The van der Waals surface area contributed by atoms with Gasteiger partial charge in [0.25, 0.3) is 5.95 Å². The van der Waals surface area contributed by atoms with E-state index in [1.165, 1.54) is 11.6 Å². The third-order valence-electron chi connectivity index (χ3n) is 6.61. The molecule has 1 aliphatic heterocycles. The number of hydrogen-bond donors (Lipinski definition) is 1. The number of benzene rings is 1. The van der Waals surface area contributed by atoms with Gasteiger partial charge in [-0.2, -0.15) is 4.39 Å². The molecule has 0 spiro atoms. The van der Waals surface area contributed by atoms with Gasteiger partial charge in [0.2, 0.25) is 0 Å². The van der Waals surface area contributed by atoms with E-state index in [0.29, 0.717) is 17.5 Å². The molecule has 0 amide bonds. The lowest BCUT2D eigenvalue weighted by molar-refractivity contribution is -0.0131. The van der Waals surface area contributed by atoms with Crippen molar-refractivity contribution in [2.75, 3.05) is 26.7 Å². The zero-order valence-electron chi connectivity index (χ0n) is 16.6. The van der Waals surface area contributed by atoms with Crippen molar-refractivity contribution in [3.8, 4) is 5.75 Å². The molecule has 2 aromatic rings. The molecule has 1 aromatic carbocycles. The standard InChI is InChI=1S/C23H29FN2O2/c1-16(20-8-9-21(27)22(24)25-20)13-26-14-18-11-23(28-2,12-19(18)15-26)10-17-6-4-3-5-7-17/h3-9,16,18-19,27H,10-15H2,1-2H3/t16?,18-,19+,23?. The first-order valence-corrected chi connectivity index (χ1v) is 10.1. The Kier molecular flexibility index (Phi) is 5.39. The summed E-state index contributed by atoms with van der Waals surface area (Å²) in [5, 5.41) is 9.34. The van der Waals surface area contributed by atoms with Gasteiger partial charge in [-0.25, -0.2) is 4.98 Å². The molecule has 4 rings (SSSR count). The predicted octanol–water partition coefficient (Wildman–Crippen LogP) is 4.00. The summed E-state index contributed by atoms with van der Waals surface area (Å²) in [5.41, 5.74) is 1.99. The summed E-state index contributed by atoms with van der Waals surface area (Å²) >= 11 is 0. The average Bonchev–Trinajstić information content (AvgIpc) is 3.20. The van der Waals surface area contributed by atoms with Gasteiger partial charge in [-0.1, -0.05) is 37.3 Å². The third kappa shape index (κ3) is 3.91. The van der Waals surface area contributed by atoms with E-state index in [2.05, 4.69) is 47.1 Å². The van der Waals surface area contributed by atoms with Crippen LogP contribution in [-0.2, 0) is 11.2 Å². The number of ether oxygens (including phenoxy) is 1. The number of halogens is 1. The molecular weight excluding hydrogens is 355 g/mol. The molecule has 0 bridgehead atoms. The largest absolute Gasteiger partial charge is 0.504 e. The van der Waals surface area contributed by atoms with Crippen LogP contribution in [0, 0.1) is 17.8 Å². The molecule has 1 N–H and O–H groups in total. The summed E-state index contributed by atoms with van der Waals surface area (Å²) in [4.78, 5) is 6.39. The normalized spacial score (nSPS) is 28.4. The SMILES string of the molecule is COC1(Cc2ccccc2)C[C@H]2CN(CC(C)c3ccc(O)c(F)n3)C[C@H]2C1. The van der Waals surface area contributed by atoms with E-state index in [9.17, 15) is 9.50 Å². The minimum Gasteiger partial charge on any atom is -0.504 e. The molecule has 1 saturated heterocycles. The summed E-state index contributed by atoms with van der Waals surface area (Å²) in [6, 6.07) is 13.7. The Bertz CT molecular complexity index is 800. The quantitative estimate of drug-likeness (QED) is 0.765. The molecule has 28 heavy (non-hydrogen) atoms. The van der Waals surface area contributed by atoms with Gasteiger partial charge in [-0.05, 0) is 42.4 Å². The van der Waals surface area contributed by atoms with Crippen molar-refractivity contribution >= 4 is 0 Å². The summed E-state index contributed by atoms with van der Waals surface area (Å²) in [6.07, 6.45) is 3.17. The van der Waals surface area contributed by atoms with Gasteiger partial charge in [0.05, 0.1) is 5.60 Å². The van der Waals surface area contributed by atoms with Gasteiger partial charge < -0.3 is 14.7 Å². The van der Waals surface area contributed by atoms with Crippen molar-refractivity contribution in [2.45, 2.75) is 37.7 Å². The van der Waals surface area contributed by atoms with Crippen LogP contribution in [0.2, 0.25) is 0 Å². The van der Waals surface area contributed by atoms with Crippen LogP contribution < -0.4 is 0 Å². The number of aromatic nitrogens is 1. The van der Waals surface area contributed by atoms with Crippen molar-refractivity contribution < 1.29 is 14.2 Å².